The molecule has 208 valence electrons. The topological polar surface area (TPSA) is 113 Å². The van der Waals surface area contributed by atoms with E-state index in [0.29, 0.717) is 31.7 Å². The number of piperazine rings is 2. The van der Waals surface area contributed by atoms with Crippen LogP contribution in [0.15, 0.2) is 47.4 Å². The third-order valence-corrected chi connectivity index (χ3v) is 9.92. The fourth-order valence-corrected chi connectivity index (χ4v) is 7.15. The van der Waals surface area contributed by atoms with E-state index in [2.05, 4.69) is 4.90 Å². The number of anilines is 1. The molecule has 2 amide bonds. The zero-order valence-electron chi connectivity index (χ0n) is 21.9. The molecule has 0 aliphatic carbocycles. The normalized spacial score (nSPS) is 16.9. The molecular weight excluding hydrogens is 542 g/mol. The first-order valence-electron chi connectivity index (χ1n) is 12.8. The predicted octanol–water partition coefficient (Wildman–Crippen LogP) is 2.73. The third kappa shape index (κ3) is 5.65. The van der Waals surface area contributed by atoms with Crippen LogP contribution in [0, 0.1) is 0 Å². The molecule has 2 aliphatic heterocycles. The number of fused-ring (bicyclic) bond motifs is 1. The molecule has 2 saturated heterocycles. The Kier molecular flexibility index (Phi) is 7.91. The largest absolute Gasteiger partial charge is 0.497 e. The van der Waals surface area contributed by atoms with Crippen molar-refractivity contribution in [3.05, 3.63) is 48.0 Å². The molecule has 0 bridgehead atoms. The van der Waals surface area contributed by atoms with Crippen molar-refractivity contribution in [2.75, 3.05) is 71.0 Å². The van der Waals surface area contributed by atoms with Crippen LogP contribution in [-0.2, 0) is 14.8 Å². The molecule has 1 aromatic heterocycles. The van der Waals surface area contributed by atoms with Crippen molar-refractivity contribution >= 4 is 48.7 Å². The SMILES string of the molecule is CCOC(=O)N1CCN(S(=O)(=O)c2ccc(C(=O)N3CCN(c4nc5ccc(OC)cc5s4)CC3)cc2)CC1. The van der Waals surface area contributed by atoms with Gasteiger partial charge in [0.1, 0.15) is 5.75 Å². The lowest BCUT2D eigenvalue weighted by atomic mass is 10.2. The summed E-state index contributed by atoms with van der Waals surface area (Å²) in [5, 5.41) is 0.919. The molecule has 0 unspecified atom stereocenters. The minimum absolute atomic E-state index is 0.126. The fraction of sp³-hybridized carbons (Fsp3) is 0.423. The maximum Gasteiger partial charge on any atom is 0.409 e. The number of benzene rings is 2. The molecule has 2 fully saturated rings. The summed E-state index contributed by atoms with van der Waals surface area (Å²) in [4.78, 5) is 35.4. The van der Waals surface area contributed by atoms with E-state index in [1.54, 1.807) is 42.4 Å². The number of sulfonamides is 1. The van der Waals surface area contributed by atoms with Crippen LogP contribution in [0.5, 0.6) is 5.75 Å². The summed E-state index contributed by atoms with van der Waals surface area (Å²) in [6.45, 7) is 5.33. The first kappa shape index (κ1) is 27.2. The van der Waals surface area contributed by atoms with Gasteiger partial charge in [0.15, 0.2) is 5.13 Å². The van der Waals surface area contributed by atoms with Crippen molar-refractivity contribution < 1.29 is 27.5 Å². The van der Waals surface area contributed by atoms with Gasteiger partial charge in [-0.2, -0.15) is 4.31 Å². The number of ether oxygens (including phenoxy) is 2. The Morgan fingerprint density at radius 1 is 0.923 bits per heavy atom. The molecule has 2 aliphatic rings. The number of thiazole rings is 1. The quantitative estimate of drug-likeness (QED) is 0.443. The van der Waals surface area contributed by atoms with Crippen LogP contribution < -0.4 is 9.64 Å². The summed E-state index contributed by atoms with van der Waals surface area (Å²) in [7, 11) is -2.09. The molecule has 0 N–H and O–H groups in total. The Hall–Kier alpha value is -3.42. The highest BCUT2D eigenvalue weighted by Crippen LogP contribution is 2.32. The molecule has 0 radical (unpaired) electrons. The number of hydrogen-bond acceptors (Lipinski definition) is 9. The average molecular weight is 574 g/mol. The standard InChI is InChI=1S/C26H31N5O6S2/c1-3-37-26(33)30-14-16-31(17-15-30)39(34,35)21-7-4-19(5-8-21)24(32)28-10-12-29(13-11-28)25-27-22-9-6-20(36-2)18-23(22)38-25/h4-9,18H,3,10-17H2,1-2H3. The zero-order valence-corrected chi connectivity index (χ0v) is 23.5. The van der Waals surface area contributed by atoms with Crippen LogP contribution >= 0.6 is 11.3 Å². The van der Waals surface area contributed by atoms with Gasteiger partial charge in [-0.1, -0.05) is 11.3 Å². The van der Waals surface area contributed by atoms with Gasteiger partial charge in [0.25, 0.3) is 5.91 Å². The van der Waals surface area contributed by atoms with Gasteiger partial charge in [-0.15, -0.1) is 0 Å². The van der Waals surface area contributed by atoms with Gasteiger partial charge in [0, 0.05) is 57.9 Å². The molecule has 13 heteroatoms. The van der Waals surface area contributed by atoms with Crippen molar-refractivity contribution in [1.29, 1.82) is 0 Å². The predicted molar refractivity (Wildman–Crippen MR) is 148 cm³/mol. The van der Waals surface area contributed by atoms with E-state index >= 15 is 0 Å². The lowest BCUT2D eigenvalue weighted by Crippen LogP contribution is -2.50. The Labute approximate surface area is 231 Å². The molecule has 2 aromatic carbocycles. The smallest absolute Gasteiger partial charge is 0.409 e. The van der Waals surface area contributed by atoms with Gasteiger partial charge >= 0.3 is 6.09 Å². The lowest BCUT2D eigenvalue weighted by molar-refractivity contribution is 0.0746. The first-order valence-corrected chi connectivity index (χ1v) is 15.1. The number of nitrogens with zero attached hydrogens (tertiary/aromatic N) is 5. The second kappa shape index (κ2) is 11.4. The molecule has 0 saturated carbocycles. The number of methoxy groups -OCH3 is 1. The van der Waals surface area contributed by atoms with Gasteiger partial charge in [0.2, 0.25) is 10.0 Å². The molecule has 11 nitrogen and oxygen atoms in total. The third-order valence-electron chi connectivity index (χ3n) is 6.93. The van der Waals surface area contributed by atoms with Crippen LogP contribution in [0.1, 0.15) is 17.3 Å². The second-order valence-electron chi connectivity index (χ2n) is 9.22. The van der Waals surface area contributed by atoms with E-state index in [1.807, 2.05) is 18.2 Å². The van der Waals surface area contributed by atoms with E-state index in [9.17, 15) is 18.0 Å². The van der Waals surface area contributed by atoms with Crippen molar-refractivity contribution in [1.82, 2.24) is 19.1 Å². The molecular formula is C26H31N5O6S2. The maximum atomic E-state index is 13.1. The summed E-state index contributed by atoms with van der Waals surface area (Å²) in [5.41, 5.74) is 1.37. The minimum Gasteiger partial charge on any atom is -0.497 e. The summed E-state index contributed by atoms with van der Waals surface area (Å²) in [6, 6.07) is 11.9. The average Bonchev–Trinajstić information content (AvgIpc) is 3.40. The van der Waals surface area contributed by atoms with E-state index in [-0.39, 0.29) is 43.6 Å². The molecule has 0 spiro atoms. The lowest BCUT2D eigenvalue weighted by Gasteiger charge is -2.34. The molecule has 39 heavy (non-hydrogen) atoms. The summed E-state index contributed by atoms with van der Waals surface area (Å²) < 4.78 is 39.0. The Morgan fingerprint density at radius 3 is 2.23 bits per heavy atom. The molecule has 0 atom stereocenters. The highest BCUT2D eigenvalue weighted by Gasteiger charge is 2.31. The number of hydrogen-bond donors (Lipinski definition) is 0. The fourth-order valence-electron chi connectivity index (χ4n) is 4.68. The van der Waals surface area contributed by atoms with Gasteiger partial charge in [-0.05, 0) is 49.4 Å². The Morgan fingerprint density at radius 2 is 1.59 bits per heavy atom. The Bertz CT molecular complexity index is 1440. The van der Waals surface area contributed by atoms with E-state index < -0.39 is 16.1 Å². The van der Waals surface area contributed by atoms with Crippen LogP contribution in [-0.4, -0.2) is 106 Å². The van der Waals surface area contributed by atoms with E-state index in [1.165, 1.54) is 21.3 Å². The van der Waals surface area contributed by atoms with Gasteiger partial charge in [-0.3, -0.25) is 4.79 Å². The first-order chi connectivity index (χ1) is 18.8. The van der Waals surface area contributed by atoms with Crippen LogP contribution in [0.3, 0.4) is 0 Å². The number of aromatic nitrogens is 1. The van der Waals surface area contributed by atoms with Crippen molar-refractivity contribution in [3.8, 4) is 5.75 Å². The van der Waals surface area contributed by atoms with Crippen LogP contribution in [0.25, 0.3) is 10.2 Å². The highest BCUT2D eigenvalue weighted by molar-refractivity contribution is 7.89. The molecule has 3 aromatic rings. The van der Waals surface area contributed by atoms with Crippen molar-refractivity contribution in [2.24, 2.45) is 0 Å². The van der Waals surface area contributed by atoms with Crippen LogP contribution in [0.4, 0.5) is 9.93 Å². The van der Waals surface area contributed by atoms with E-state index in [4.69, 9.17) is 14.5 Å². The molecule has 3 heterocycles. The zero-order chi connectivity index (χ0) is 27.6. The number of amides is 2. The van der Waals surface area contributed by atoms with Gasteiger partial charge < -0.3 is 24.2 Å². The van der Waals surface area contributed by atoms with Gasteiger partial charge in [0.05, 0.1) is 28.8 Å². The summed E-state index contributed by atoms with van der Waals surface area (Å²) in [5.74, 6) is 0.666. The number of carbonyl (C=O) groups excluding carboxylic acids is 2. The number of carbonyl (C=O) groups is 2. The maximum absolute atomic E-state index is 13.1. The number of rotatable bonds is 6. The Balaban J connectivity index is 1.18. The van der Waals surface area contributed by atoms with Gasteiger partial charge in [-0.25, -0.2) is 18.2 Å². The second-order valence-corrected chi connectivity index (χ2v) is 12.2. The summed E-state index contributed by atoms with van der Waals surface area (Å²) in [6.07, 6.45) is -0.431. The molecule has 5 rings (SSSR count). The van der Waals surface area contributed by atoms with Crippen LogP contribution in [0.2, 0.25) is 0 Å². The highest BCUT2D eigenvalue weighted by atomic mass is 32.2. The van der Waals surface area contributed by atoms with E-state index in [0.717, 1.165) is 21.1 Å². The van der Waals surface area contributed by atoms with Crippen molar-refractivity contribution in [2.45, 2.75) is 11.8 Å². The van der Waals surface area contributed by atoms with Crippen molar-refractivity contribution in [3.63, 3.8) is 0 Å². The minimum atomic E-state index is -3.74. The summed E-state index contributed by atoms with van der Waals surface area (Å²) >= 11 is 1.60. The monoisotopic (exact) mass is 573 g/mol.